The van der Waals surface area contributed by atoms with Crippen LogP contribution in [0.3, 0.4) is 0 Å². The zero-order valence-corrected chi connectivity index (χ0v) is 18.4. The number of hydrogen-bond acceptors (Lipinski definition) is 3. The highest BCUT2D eigenvalue weighted by Gasteiger charge is 2.28. The van der Waals surface area contributed by atoms with Crippen molar-refractivity contribution in [1.29, 1.82) is 0 Å². The quantitative estimate of drug-likeness (QED) is 0.601. The van der Waals surface area contributed by atoms with Gasteiger partial charge in [0.15, 0.2) is 0 Å². The Labute approximate surface area is 195 Å². The molecule has 0 aromatic heterocycles. The Morgan fingerprint density at radius 2 is 1.29 bits per heavy atom. The molecule has 0 atom stereocenters. The summed E-state index contributed by atoms with van der Waals surface area (Å²) in [7, 11) is 0. The van der Waals surface area contributed by atoms with Crippen molar-refractivity contribution < 1.29 is 22.8 Å². The van der Waals surface area contributed by atoms with E-state index < -0.39 is 11.7 Å². The first-order valence-electron chi connectivity index (χ1n) is 11.0. The number of benzene rings is 3. The summed E-state index contributed by atoms with van der Waals surface area (Å²) in [5.74, 6) is -2.22. The molecule has 0 saturated carbocycles. The second-order valence-corrected chi connectivity index (χ2v) is 8.08. The van der Waals surface area contributed by atoms with E-state index >= 15 is 0 Å². The van der Waals surface area contributed by atoms with Gasteiger partial charge in [0.1, 0.15) is 17.5 Å². The zero-order chi connectivity index (χ0) is 24.1. The number of nitrogens with one attached hydrogen (secondary N) is 1. The number of carbonyl (C=O) groups excluding carboxylic acids is 2. The number of hydrogen-bond donors (Lipinski definition) is 1. The Hall–Kier alpha value is -3.65. The summed E-state index contributed by atoms with van der Waals surface area (Å²) in [6, 6.07) is 17.8. The number of carbonyl (C=O) groups is 2. The summed E-state index contributed by atoms with van der Waals surface area (Å²) in [5, 5.41) is 2.48. The van der Waals surface area contributed by atoms with Crippen molar-refractivity contribution in [2.24, 2.45) is 0 Å². The Balaban J connectivity index is 1.39. The largest absolute Gasteiger partial charge is 0.343 e. The molecule has 4 rings (SSSR count). The number of nitrogens with zero attached hydrogens (tertiary/aromatic N) is 2. The smallest absolute Gasteiger partial charge is 0.254 e. The fourth-order valence-electron chi connectivity index (χ4n) is 4.14. The van der Waals surface area contributed by atoms with E-state index in [4.69, 9.17) is 0 Å². The Morgan fingerprint density at radius 3 is 1.82 bits per heavy atom. The fourth-order valence-corrected chi connectivity index (χ4v) is 4.14. The van der Waals surface area contributed by atoms with Gasteiger partial charge in [0.25, 0.3) is 5.91 Å². The monoisotopic (exact) mass is 467 g/mol. The van der Waals surface area contributed by atoms with Crippen LogP contribution in [0.2, 0.25) is 0 Å². The van der Waals surface area contributed by atoms with Crippen LogP contribution >= 0.6 is 0 Å². The van der Waals surface area contributed by atoms with Gasteiger partial charge in [-0.15, -0.1) is 0 Å². The molecule has 1 N–H and O–H groups in total. The molecule has 0 bridgehead atoms. The van der Waals surface area contributed by atoms with Gasteiger partial charge < -0.3 is 10.2 Å². The zero-order valence-electron chi connectivity index (χ0n) is 18.4. The highest BCUT2D eigenvalue weighted by atomic mass is 19.1. The molecule has 0 unspecified atom stereocenters. The molecule has 8 heteroatoms. The van der Waals surface area contributed by atoms with E-state index in [0.29, 0.717) is 26.2 Å². The first-order valence-corrected chi connectivity index (χ1v) is 11.0. The molecule has 1 saturated heterocycles. The second-order valence-electron chi connectivity index (χ2n) is 8.08. The average molecular weight is 467 g/mol. The molecule has 0 aliphatic carbocycles. The average Bonchev–Trinajstić information content (AvgIpc) is 2.85. The minimum atomic E-state index is -0.645. The van der Waals surface area contributed by atoms with Gasteiger partial charge in [-0.1, -0.05) is 36.4 Å². The molecule has 0 spiro atoms. The molecular weight excluding hydrogens is 443 g/mol. The van der Waals surface area contributed by atoms with Gasteiger partial charge in [-0.3, -0.25) is 14.5 Å². The Bertz CT molecular complexity index is 1100. The summed E-state index contributed by atoms with van der Waals surface area (Å²) < 4.78 is 40.7. The van der Waals surface area contributed by atoms with Crippen molar-refractivity contribution in [1.82, 2.24) is 15.1 Å². The van der Waals surface area contributed by atoms with Crippen molar-refractivity contribution in [2.45, 2.75) is 6.04 Å². The third kappa shape index (κ3) is 5.46. The maximum atomic E-state index is 13.8. The fraction of sp³-hybridized carbons (Fsp3) is 0.231. The Kier molecular flexibility index (Phi) is 7.27. The van der Waals surface area contributed by atoms with Crippen LogP contribution in [0.5, 0.6) is 0 Å². The summed E-state index contributed by atoms with van der Waals surface area (Å²) in [6.07, 6.45) is 0. The molecule has 176 valence electrons. The molecule has 5 nitrogen and oxygen atoms in total. The van der Waals surface area contributed by atoms with Crippen LogP contribution in [0.1, 0.15) is 27.5 Å². The molecule has 1 fully saturated rings. The molecule has 0 radical (unpaired) electrons. The van der Waals surface area contributed by atoms with Crippen molar-refractivity contribution in [3.63, 3.8) is 0 Å². The van der Waals surface area contributed by atoms with Crippen molar-refractivity contribution in [2.75, 3.05) is 32.7 Å². The first-order chi connectivity index (χ1) is 16.4. The van der Waals surface area contributed by atoms with Crippen molar-refractivity contribution in [3.05, 3.63) is 107 Å². The number of amides is 2. The summed E-state index contributed by atoms with van der Waals surface area (Å²) >= 11 is 0. The maximum Gasteiger partial charge on any atom is 0.254 e. The molecule has 2 amide bonds. The van der Waals surface area contributed by atoms with E-state index in [-0.39, 0.29) is 35.7 Å². The van der Waals surface area contributed by atoms with E-state index in [9.17, 15) is 22.8 Å². The van der Waals surface area contributed by atoms with Gasteiger partial charge in [0.2, 0.25) is 5.91 Å². The number of piperazine rings is 1. The molecule has 1 heterocycles. The standard InChI is InChI=1S/C26H24F3N3O2/c27-20-9-5-18(6-10-20)25(19-7-11-21(28)12-8-19)32-15-13-31(14-16-32)24(33)17-30-26(34)22-3-1-2-4-23(22)29/h1-12,25H,13-17H2,(H,30,34). The maximum absolute atomic E-state index is 13.8. The van der Waals surface area contributed by atoms with Gasteiger partial charge in [-0.2, -0.15) is 0 Å². The molecule has 1 aliphatic heterocycles. The van der Waals surface area contributed by atoms with Crippen molar-refractivity contribution in [3.8, 4) is 0 Å². The lowest BCUT2D eigenvalue weighted by molar-refractivity contribution is -0.132. The predicted octanol–water partition coefficient (Wildman–Crippen LogP) is 3.77. The van der Waals surface area contributed by atoms with Gasteiger partial charge in [-0.05, 0) is 47.5 Å². The van der Waals surface area contributed by atoms with Gasteiger partial charge >= 0.3 is 0 Å². The van der Waals surface area contributed by atoms with E-state index in [1.807, 2.05) is 0 Å². The lowest BCUT2D eigenvalue weighted by Gasteiger charge is -2.39. The van der Waals surface area contributed by atoms with Crippen LogP contribution in [0, 0.1) is 17.5 Å². The molecule has 3 aromatic rings. The lowest BCUT2D eigenvalue weighted by atomic mass is 9.96. The highest BCUT2D eigenvalue weighted by molar-refractivity contribution is 5.96. The van der Waals surface area contributed by atoms with Gasteiger partial charge in [0, 0.05) is 26.2 Å². The minimum Gasteiger partial charge on any atom is -0.343 e. The molecule has 34 heavy (non-hydrogen) atoms. The third-order valence-corrected chi connectivity index (χ3v) is 5.92. The van der Waals surface area contributed by atoms with Gasteiger partial charge in [-0.25, -0.2) is 13.2 Å². The van der Waals surface area contributed by atoms with Crippen molar-refractivity contribution >= 4 is 11.8 Å². The molecular formula is C26H24F3N3O2. The van der Waals surface area contributed by atoms with Crippen LogP contribution in [0.4, 0.5) is 13.2 Å². The summed E-state index contributed by atoms with van der Waals surface area (Å²) in [4.78, 5) is 28.6. The van der Waals surface area contributed by atoms with Crippen LogP contribution in [-0.2, 0) is 4.79 Å². The van der Waals surface area contributed by atoms with E-state index in [2.05, 4.69) is 10.2 Å². The normalized spacial score (nSPS) is 14.3. The Morgan fingerprint density at radius 1 is 0.765 bits per heavy atom. The molecule has 1 aliphatic rings. The van der Waals surface area contributed by atoms with Crippen LogP contribution < -0.4 is 5.32 Å². The highest BCUT2D eigenvalue weighted by Crippen LogP contribution is 2.30. The van der Waals surface area contributed by atoms with Crippen LogP contribution in [0.25, 0.3) is 0 Å². The van der Waals surface area contributed by atoms with E-state index in [0.717, 1.165) is 11.1 Å². The molecule has 3 aromatic carbocycles. The second kappa shape index (κ2) is 10.5. The number of halogens is 3. The summed E-state index contributed by atoms with van der Waals surface area (Å²) in [5.41, 5.74) is 1.62. The summed E-state index contributed by atoms with van der Waals surface area (Å²) in [6.45, 7) is 1.69. The number of rotatable bonds is 6. The van der Waals surface area contributed by atoms with E-state index in [1.54, 1.807) is 35.2 Å². The third-order valence-electron chi connectivity index (χ3n) is 5.92. The predicted molar refractivity (Wildman–Crippen MR) is 122 cm³/mol. The van der Waals surface area contributed by atoms with E-state index in [1.165, 1.54) is 42.5 Å². The topological polar surface area (TPSA) is 52.7 Å². The van der Waals surface area contributed by atoms with Crippen LogP contribution in [0.15, 0.2) is 72.8 Å². The SMILES string of the molecule is O=C(NCC(=O)N1CCN(C(c2ccc(F)cc2)c2ccc(F)cc2)CC1)c1ccccc1F. The first kappa shape index (κ1) is 23.5. The lowest BCUT2D eigenvalue weighted by Crippen LogP contribution is -2.52. The van der Waals surface area contributed by atoms with Crippen LogP contribution in [-0.4, -0.2) is 54.3 Å². The minimum absolute atomic E-state index is 0.110. The van der Waals surface area contributed by atoms with Gasteiger partial charge in [0.05, 0.1) is 18.2 Å².